The summed E-state index contributed by atoms with van der Waals surface area (Å²) in [4.78, 5) is 39.1. The van der Waals surface area contributed by atoms with Gasteiger partial charge in [-0.15, -0.1) is 0 Å². The molecule has 2 aliphatic heterocycles. The lowest BCUT2D eigenvalue weighted by atomic mass is 10.2. The number of aromatic nitrogens is 1. The smallest absolute Gasteiger partial charge is 0.403 e. The maximum Gasteiger partial charge on any atom is 0.414 e. The lowest BCUT2D eigenvalue weighted by molar-refractivity contribution is -0.00313. The summed E-state index contributed by atoms with van der Waals surface area (Å²) in [6, 6.07) is 1.24. The van der Waals surface area contributed by atoms with Crippen LogP contribution >= 0.6 is 0 Å². The van der Waals surface area contributed by atoms with Gasteiger partial charge in [0, 0.05) is 32.9 Å². The Balaban J connectivity index is 2.04. The molecule has 1 atom stereocenters. The average Bonchev–Trinajstić information content (AvgIpc) is 2.50. The Kier molecular flexibility index (Phi) is 3.49. The van der Waals surface area contributed by atoms with Crippen molar-refractivity contribution in [3.8, 4) is 5.75 Å². The average molecular weight is 308 g/mol. The first-order valence-electron chi connectivity index (χ1n) is 6.79. The number of carbonyl (C=O) groups is 2. The molecule has 9 nitrogen and oxygen atoms in total. The van der Waals surface area contributed by atoms with E-state index < -0.39 is 11.5 Å². The molecule has 118 valence electrons. The summed E-state index contributed by atoms with van der Waals surface area (Å²) < 4.78 is 11.8. The van der Waals surface area contributed by atoms with Crippen molar-refractivity contribution in [2.75, 3.05) is 39.3 Å². The molecule has 1 aromatic heterocycles. The Morgan fingerprint density at radius 1 is 1.45 bits per heavy atom. The minimum absolute atomic E-state index is 0.0147. The topological polar surface area (TPSA) is 93.1 Å². The van der Waals surface area contributed by atoms with Crippen LogP contribution in [0.5, 0.6) is 5.75 Å². The van der Waals surface area contributed by atoms with Crippen LogP contribution in [0.25, 0.3) is 0 Å². The third-order valence-electron chi connectivity index (χ3n) is 3.49. The molecule has 0 spiro atoms. The first kappa shape index (κ1) is 14.4. The summed E-state index contributed by atoms with van der Waals surface area (Å²) in [6.07, 6.45) is 0.408. The van der Waals surface area contributed by atoms with Crippen LogP contribution < -0.4 is 15.6 Å². The Morgan fingerprint density at radius 2 is 2.23 bits per heavy atom. The zero-order chi connectivity index (χ0) is 15.9. The number of rotatable bonds is 1. The number of pyridine rings is 1. The zero-order valence-corrected chi connectivity index (χ0v) is 12.2. The minimum atomic E-state index is -0.719. The lowest BCUT2D eigenvalue weighted by Crippen LogP contribution is -2.59. The molecular weight excluding hydrogens is 292 g/mol. The number of hydrogen-bond acceptors (Lipinski definition) is 6. The maximum absolute atomic E-state index is 12.6. The van der Waals surface area contributed by atoms with E-state index in [1.807, 2.05) is 0 Å². The van der Waals surface area contributed by atoms with Crippen molar-refractivity contribution in [3.63, 3.8) is 0 Å². The van der Waals surface area contributed by atoms with E-state index in [0.29, 0.717) is 19.8 Å². The molecule has 0 saturated carbocycles. The number of carbonyl (C=O) groups excluding carboxylic acids is 2. The highest BCUT2D eigenvalue weighted by Crippen LogP contribution is 2.22. The summed E-state index contributed by atoms with van der Waals surface area (Å²) >= 11 is 0. The van der Waals surface area contributed by atoms with Crippen molar-refractivity contribution in [1.29, 1.82) is 0 Å². The molecule has 0 radical (unpaired) electrons. The minimum Gasteiger partial charge on any atom is -0.403 e. The van der Waals surface area contributed by atoms with Crippen molar-refractivity contribution in [2.45, 2.75) is 6.17 Å². The second-order valence-electron chi connectivity index (χ2n) is 5.21. The van der Waals surface area contributed by atoms with Gasteiger partial charge in [-0.3, -0.25) is 14.3 Å². The van der Waals surface area contributed by atoms with Gasteiger partial charge in [-0.1, -0.05) is 0 Å². The van der Waals surface area contributed by atoms with E-state index >= 15 is 0 Å². The molecule has 1 saturated heterocycles. The van der Waals surface area contributed by atoms with Gasteiger partial charge in [0.1, 0.15) is 6.17 Å². The molecule has 3 rings (SSSR count). The molecule has 0 unspecified atom stereocenters. The third kappa shape index (κ3) is 2.29. The third-order valence-corrected chi connectivity index (χ3v) is 3.49. The van der Waals surface area contributed by atoms with Crippen molar-refractivity contribution < 1.29 is 19.1 Å². The molecule has 0 bridgehead atoms. The van der Waals surface area contributed by atoms with E-state index in [4.69, 9.17) is 9.47 Å². The molecular formula is C13H16N4O5. The van der Waals surface area contributed by atoms with Crippen LogP contribution in [0.1, 0.15) is 10.5 Å². The Hall–Kier alpha value is -2.55. The van der Waals surface area contributed by atoms with Gasteiger partial charge >= 0.3 is 6.09 Å². The second-order valence-corrected chi connectivity index (χ2v) is 5.21. The molecule has 22 heavy (non-hydrogen) atoms. The van der Waals surface area contributed by atoms with Gasteiger partial charge in [0.05, 0.1) is 13.2 Å². The van der Waals surface area contributed by atoms with Gasteiger partial charge in [0.25, 0.3) is 5.91 Å². The number of morpholine rings is 1. The van der Waals surface area contributed by atoms with E-state index in [-0.39, 0.29) is 23.5 Å². The molecule has 2 amide bonds. The number of fused-ring (bicyclic) bond motifs is 2. The summed E-state index contributed by atoms with van der Waals surface area (Å²) in [5.74, 6) is -0.644. The van der Waals surface area contributed by atoms with Crippen LogP contribution in [0.15, 0.2) is 17.1 Å². The molecule has 1 fully saturated rings. The van der Waals surface area contributed by atoms with Crippen molar-refractivity contribution in [2.24, 2.45) is 0 Å². The molecule has 3 heterocycles. The van der Waals surface area contributed by atoms with Crippen LogP contribution in [0.2, 0.25) is 0 Å². The SMILES string of the molecule is CN(C)C(=O)Oc1c2n(ccc1=O)N[C@@H]1COCCN1C2=O. The van der Waals surface area contributed by atoms with Crippen LogP contribution in [0, 0.1) is 0 Å². The van der Waals surface area contributed by atoms with E-state index in [1.54, 1.807) is 4.90 Å². The van der Waals surface area contributed by atoms with Crippen molar-refractivity contribution in [1.82, 2.24) is 14.5 Å². The molecule has 0 aliphatic carbocycles. The summed E-state index contributed by atoms with van der Waals surface area (Å²) in [6.45, 7) is 1.18. The summed E-state index contributed by atoms with van der Waals surface area (Å²) in [5, 5.41) is 0. The van der Waals surface area contributed by atoms with Crippen LogP contribution in [-0.4, -0.2) is 66.5 Å². The summed E-state index contributed by atoms with van der Waals surface area (Å²) in [5.41, 5.74) is 2.54. The van der Waals surface area contributed by atoms with Crippen LogP contribution in [0.3, 0.4) is 0 Å². The van der Waals surface area contributed by atoms with Gasteiger partial charge < -0.3 is 24.7 Å². The van der Waals surface area contributed by atoms with Crippen molar-refractivity contribution >= 4 is 12.0 Å². The van der Waals surface area contributed by atoms with E-state index in [0.717, 1.165) is 0 Å². The predicted molar refractivity (Wildman–Crippen MR) is 75.4 cm³/mol. The normalized spacial score (nSPS) is 19.8. The lowest BCUT2D eigenvalue weighted by Gasteiger charge is -2.41. The summed E-state index contributed by atoms with van der Waals surface area (Å²) in [7, 11) is 2.99. The number of ether oxygens (including phenoxy) is 2. The fraction of sp³-hybridized carbons (Fsp3) is 0.462. The largest absolute Gasteiger partial charge is 0.414 e. The molecule has 1 aromatic rings. The number of amides is 2. The highest BCUT2D eigenvalue weighted by molar-refractivity contribution is 5.97. The fourth-order valence-electron chi connectivity index (χ4n) is 2.35. The second kappa shape index (κ2) is 5.34. The predicted octanol–water partition coefficient (Wildman–Crippen LogP) is -0.736. The van der Waals surface area contributed by atoms with E-state index in [9.17, 15) is 14.4 Å². The molecule has 0 aromatic carbocycles. The van der Waals surface area contributed by atoms with Crippen LogP contribution in [-0.2, 0) is 4.74 Å². The first-order valence-corrected chi connectivity index (χ1v) is 6.79. The fourth-order valence-corrected chi connectivity index (χ4v) is 2.35. The first-order chi connectivity index (χ1) is 10.5. The zero-order valence-electron chi connectivity index (χ0n) is 12.2. The Morgan fingerprint density at radius 3 is 2.95 bits per heavy atom. The Bertz CT molecular complexity index is 683. The van der Waals surface area contributed by atoms with E-state index in [1.165, 1.54) is 35.9 Å². The maximum atomic E-state index is 12.6. The van der Waals surface area contributed by atoms with Gasteiger partial charge in [-0.05, 0) is 0 Å². The van der Waals surface area contributed by atoms with E-state index in [2.05, 4.69) is 5.43 Å². The molecule has 2 aliphatic rings. The monoisotopic (exact) mass is 308 g/mol. The highest BCUT2D eigenvalue weighted by atomic mass is 16.6. The van der Waals surface area contributed by atoms with Crippen LogP contribution in [0.4, 0.5) is 4.79 Å². The number of nitrogens with zero attached hydrogens (tertiary/aromatic N) is 3. The molecule has 9 heteroatoms. The van der Waals surface area contributed by atoms with Gasteiger partial charge in [-0.25, -0.2) is 4.79 Å². The molecule has 1 N–H and O–H groups in total. The Labute approximate surface area is 126 Å². The van der Waals surface area contributed by atoms with Gasteiger partial charge in [0.2, 0.25) is 11.2 Å². The van der Waals surface area contributed by atoms with Gasteiger partial charge in [-0.2, -0.15) is 0 Å². The number of hydrogen-bond donors (Lipinski definition) is 1. The highest BCUT2D eigenvalue weighted by Gasteiger charge is 2.37. The van der Waals surface area contributed by atoms with Crippen molar-refractivity contribution in [3.05, 3.63) is 28.2 Å². The number of nitrogens with one attached hydrogen (secondary N) is 1. The standard InChI is InChI=1S/C13H16N4O5/c1-15(2)13(20)22-11-8(18)3-4-17-10(11)12(19)16-5-6-21-7-9(16)14-17/h3-4,9,14H,5-7H2,1-2H3/t9-/m0/s1. The quantitative estimate of drug-likeness (QED) is 0.735. The van der Waals surface area contributed by atoms with Gasteiger partial charge in [0.15, 0.2) is 5.69 Å².